The van der Waals surface area contributed by atoms with Crippen LogP contribution in [-0.2, 0) is 66.7 Å². The summed E-state index contributed by atoms with van der Waals surface area (Å²) in [6, 6.07) is 0. The van der Waals surface area contributed by atoms with E-state index in [1.165, 1.54) is 60.2 Å². The van der Waals surface area contributed by atoms with Crippen molar-refractivity contribution >= 4 is 39.3 Å². The number of unbranched alkanes of at least 4 members (excludes halogenated alkanes) is 3. The van der Waals surface area contributed by atoms with Crippen molar-refractivity contribution in [3.05, 3.63) is 81.5 Å². The van der Waals surface area contributed by atoms with E-state index in [4.69, 9.17) is 0 Å². The molecule has 0 radical (unpaired) electrons. The molecular formula is C40H61FN12O8. The number of alkyl halides is 1. The highest BCUT2D eigenvalue weighted by Gasteiger charge is 2.17. The summed E-state index contributed by atoms with van der Waals surface area (Å²) in [6.07, 6.45) is 8.96. The number of fused-ring (bicyclic) bond motifs is 3. The van der Waals surface area contributed by atoms with Crippen molar-refractivity contribution in [3.63, 3.8) is 0 Å². The van der Waals surface area contributed by atoms with E-state index in [1.807, 2.05) is 0 Å². The van der Waals surface area contributed by atoms with E-state index >= 15 is 0 Å². The van der Waals surface area contributed by atoms with Crippen molar-refractivity contribution < 1.29 is 14.3 Å². The molecule has 0 bridgehead atoms. The molecular weight excluding hydrogens is 796 g/mol. The Hall–Kier alpha value is -5.99. The first-order valence-corrected chi connectivity index (χ1v) is 19.9. The Labute approximate surface area is 350 Å². The van der Waals surface area contributed by atoms with Gasteiger partial charge in [-0.1, -0.05) is 7.43 Å². The number of ketones is 1. The molecule has 0 fully saturated rings. The fraction of sp³-hybridized carbons (Fsp3) is 0.600. The van der Waals surface area contributed by atoms with Gasteiger partial charge in [0.2, 0.25) is 0 Å². The van der Waals surface area contributed by atoms with Crippen LogP contribution in [0, 0.1) is 0 Å². The first kappa shape index (κ1) is 49.4. The zero-order valence-corrected chi connectivity index (χ0v) is 35.9. The monoisotopic (exact) mass is 856 g/mol. The van der Waals surface area contributed by atoms with Crippen LogP contribution in [0.1, 0.15) is 86.0 Å². The molecule has 6 heterocycles. The Bertz CT molecular complexity index is 2700. The zero-order valence-electron chi connectivity index (χ0n) is 35.9. The van der Waals surface area contributed by atoms with E-state index in [-0.39, 0.29) is 53.1 Å². The summed E-state index contributed by atoms with van der Waals surface area (Å²) in [5.74, 6) is 0.118. The number of rotatable bonds is 15. The normalized spacial score (nSPS) is 12.2. The van der Waals surface area contributed by atoms with E-state index in [2.05, 4.69) is 15.0 Å². The Morgan fingerprint density at radius 3 is 1.18 bits per heavy atom. The number of aliphatic hydroxyl groups is 1. The van der Waals surface area contributed by atoms with Crippen LogP contribution in [0.3, 0.4) is 0 Å². The number of carbonyl (C=O) groups is 1. The minimum atomic E-state index is -0.853. The number of aryl methyl sites for hydroxylation is 6. The fourth-order valence-electron chi connectivity index (χ4n) is 6.83. The number of imidazole rings is 3. The molecule has 0 aromatic carbocycles. The summed E-state index contributed by atoms with van der Waals surface area (Å²) in [6.45, 7) is 5.76. The van der Waals surface area contributed by atoms with E-state index in [1.54, 1.807) is 62.9 Å². The van der Waals surface area contributed by atoms with E-state index < -0.39 is 6.17 Å². The lowest BCUT2D eigenvalue weighted by Crippen LogP contribution is -2.39. The van der Waals surface area contributed by atoms with Crippen molar-refractivity contribution in [2.45, 2.75) is 118 Å². The Kier molecular flexibility index (Phi) is 17.4. The lowest BCUT2D eigenvalue weighted by atomic mass is 10.2. The summed E-state index contributed by atoms with van der Waals surface area (Å²) < 4.78 is 25.4. The molecule has 20 nitrogen and oxygen atoms in total. The van der Waals surface area contributed by atoms with Crippen molar-refractivity contribution in [1.82, 2.24) is 56.1 Å². The third-order valence-electron chi connectivity index (χ3n) is 10.3. The Balaban J connectivity index is 0.000000242. The van der Waals surface area contributed by atoms with Gasteiger partial charge in [0.05, 0.1) is 31.3 Å². The highest BCUT2D eigenvalue weighted by Crippen LogP contribution is 2.08. The van der Waals surface area contributed by atoms with Crippen LogP contribution in [0.4, 0.5) is 4.39 Å². The first-order valence-electron chi connectivity index (χ1n) is 19.9. The molecule has 0 spiro atoms. The number of halogens is 1. The molecule has 6 aromatic heterocycles. The number of nitrogens with zero attached hydrogens (tertiary/aromatic N) is 12. The SMILES string of the molecule is C.CC(=O)CCCCn1c(=O)c2c(ncn2C)n(C)c1=O.CC(F)CCCCn1c(=O)c2c(ncn2C)n(C)c1=O.CC(O)CCCCn1c(=O)c2c(ncn2C)n(C)c1=O. The quantitative estimate of drug-likeness (QED) is 0.147. The second kappa shape index (κ2) is 21.5. The molecule has 0 aliphatic heterocycles. The van der Waals surface area contributed by atoms with Crippen LogP contribution < -0.4 is 33.7 Å². The van der Waals surface area contributed by atoms with Gasteiger partial charge in [-0.05, 0) is 72.1 Å². The third kappa shape index (κ3) is 11.2. The average molecular weight is 857 g/mol. The number of hydrogen-bond donors (Lipinski definition) is 1. The largest absolute Gasteiger partial charge is 0.393 e. The molecule has 21 heteroatoms. The summed E-state index contributed by atoms with van der Waals surface area (Å²) in [4.78, 5) is 96.6. The molecule has 336 valence electrons. The lowest BCUT2D eigenvalue weighted by Gasteiger charge is -2.09. The molecule has 0 saturated heterocycles. The van der Waals surface area contributed by atoms with E-state index in [9.17, 15) is 43.1 Å². The van der Waals surface area contributed by atoms with Crippen LogP contribution in [0.25, 0.3) is 33.5 Å². The smallest absolute Gasteiger partial charge is 0.332 e. The highest BCUT2D eigenvalue weighted by atomic mass is 19.1. The van der Waals surface area contributed by atoms with Gasteiger partial charge in [0.25, 0.3) is 16.7 Å². The van der Waals surface area contributed by atoms with Gasteiger partial charge < -0.3 is 23.6 Å². The summed E-state index contributed by atoms with van der Waals surface area (Å²) >= 11 is 0. The summed E-state index contributed by atoms with van der Waals surface area (Å²) in [5, 5.41) is 9.21. The third-order valence-corrected chi connectivity index (χ3v) is 10.3. The van der Waals surface area contributed by atoms with Gasteiger partial charge in [0.15, 0.2) is 33.5 Å². The van der Waals surface area contributed by atoms with Crippen LogP contribution >= 0.6 is 0 Å². The molecule has 0 saturated carbocycles. The Morgan fingerprint density at radius 2 is 0.885 bits per heavy atom. The maximum Gasteiger partial charge on any atom is 0.332 e. The predicted molar refractivity (Wildman–Crippen MR) is 232 cm³/mol. The van der Waals surface area contributed by atoms with Crippen molar-refractivity contribution in [2.24, 2.45) is 42.3 Å². The van der Waals surface area contributed by atoms with Crippen molar-refractivity contribution in [3.8, 4) is 0 Å². The standard InChI is InChI=1S/C13H19FN4O2.C13H20N4O3.C13H18N4O3.CH4/c1-9(14)6-4-5-7-18-12(19)10-11(15-8-16(10)2)17(3)13(18)20;2*1-9(18)6-4-5-7-17-12(19)10-11(14-8-15(10)2)16(3)13(17)20;/h8-9H,4-7H2,1-3H3;8-9,18H,4-7H2,1-3H3;8H,4-7H2,1-3H3;1H4. The number of carbonyl (C=O) groups excluding carboxylic acids is 1. The average Bonchev–Trinajstić information content (AvgIpc) is 3.90. The van der Waals surface area contributed by atoms with Crippen molar-refractivity contribution in [1.29, 1.82) is 0 Å². The molecule has 2 atom stereocenters. The van der Waals surface area contributed by atoms with Crippen molar-refractivity contribution in [2.75, 3.05) is 0 Å². The number of hydrogen-bond acceptors (Lipinski definition) is 11. The van der Waals surface area contributed by atoms with Gasteiger partial charge in [-0.2, -0.15) is 0 Å². The van der Waals surface area contributed by atoms with Gasteiger partial charge in [-0.15, -0.1) is 0 Å². The van der Waals surface area contributed by atoms with Crippen LogP contribution in [0.5, 0.6) is 0 Å². The van der Waals surface area contributed by atoms with Gasteiger partial charge in [0.1, 0.15) is 5.78 Å². The molecule has 61 heavy (non-hydrogen) atoms. The molecule has 0 amide bonds. The van der Waals surface area contributed by atoms with E-state index in [0.29, 0.717) is 104 Å². The molecule has 1 N–H and O–H groups in total. The summed E-state index contributed by atoms with van der Waals surface area (Å²) in [5.41, 5.74) is 0.368. The minimum absolute atomic E-state index is 0. The fourth-order valence-corrected chi connectivity index (χ4v) is 6.83. The minimum Gasteiger partial charge on any atom is -0.393 e. The topological polar surface area (TPSA) is 223 Å². The second-order valence-corrected chi connectivity index (χ2v) is 15.3. The van der Waals surface area contributed by atoms with Crippen LogP contribution in [-0.4, -0.2) is 79.2 Å². The second-order valence-electron chi connectivity index (χ2n) is 15.3. The number of Topliss-reactive ketones (excluding diaryl/α,β-unsaturated/α-hetero) is 1. The molecule has 6 rings (SSSR count). The number of aliphatic hydroxyl groups excluding tert-OH is 1. The maximum absolute atomic E-state index is 12.7. The van der Waals surface area contributed by atoms with E-state index in [0.717, 1.165) is 6.42 Å². The van der Waals surface area contributed by atoms with Crippen LogP contribution in [0.2, 0.25) is 0 Å². The first-order chi connectivity index (χ1) is 28.3. The lowest BCUT2D eigenvalue weighted by molar-refractivity contribution is -0.117. The molecule has 0 aliphatic rings. The zero-order chi connectivity index (χ0) is 44.6. The van der Waals surface area contributed by atoms with Gasteiger partial charge in [-0.25, -0.2) is 33.7 Å². The Morgan fingerprint density at radius 1 is 0.574 bits per heavy atom. The highest BCUT2D eigenvalue weighted by molar-refractivity contribution is 5.75. The molecule has 2 unspecified atom stereocenters. The maximum atomic E-state index is 12.7. The van der Waals surface area contributed by atoms with Gasteiger partial charge in [0, 0.05) is 68.3 Å². The van der Waals surface area contributed by atoms with Gasteiger partial charge >= 0.3 is 17.1 Å². The molecule has 6 aromatic rings. The summed E-state index contributed by atoms with van der Waals surface area (Å²) in [7, 11) is 9.99. The van der Waals surface area contributed by atoms with Gasteiger partial charge in [-0.3, -0.25) is 41.8 Å². The predicted octanol–water partition coefficient (Wildman–Crippen LogP) is 1.78. The van der Waals surface area contributed by atoms with Crippen LogP contribution in [0.15, 0.2) is 47.7 Å². The molecule has 0 aliphatic carbocycles. The number of aromatic nitrogens is 12.